The van der Waals surface area contributed by atoms with Crippen LogP contribution in [0.2, 0.25) is 0 Å². The van der Waals surface area contributed by atoms with E-state index in [0.717, 1.165) is 18.0 Å². The van der Waals surface area contributed by atoms with Gasteiger partial charge in [0.15, 0.2) is 11.5 Å². The molecule has 0 spiro atoms. The Hall–Kier alpha value is -3.46. The molecule has 1 unspecified atom stereocenters. The van der Waals surface area contributed by atoms with Crippen molar-refractivity contribution in [3.05, 3.63) is 54.2 Å². The van der Waals surface area contributed by atoms with E-state index < -0.39 is 24.7 Å². The summed E-state index contributed by atoms with van der Waals surface area (Å²) >= 11 is 0. The molecule has 30 heavy (non-hydrogen) atoms. The van der Waals surface area contributed by atoms with Gasteiger partial charge in [0.25, 0.3) is 5.91 Å². The second-order valence-corrected chi connectivity index (χ2v) is 6.02. The van der Waals surface area contributed by atoms with Crippen LogP contribution in [-0.2, 0) is 22.5 Å². The Morgan fingerprint density at radius 3 is 2.70 bits per heavy atom. The highest BCUT2D eigenvalue weighted by Crippen LogP contribution is 2.27. The van der Waals surface area contributed by atoms with Gasteiger partial charge < -0.3 is 19.5 Å². The molecule has 1 atom stereocenters. The van der Waals surface area contributed by atoms with Gasteiger partial charge in [-0.1, -0.05) is 23.6 Å². The van der Waals surface area contributed by atoms with E-state index in [-0.39, 0.29) is 12.2 Å². The van der Waals surface area contributed by atoms with E-state index in [0.29, 0.717) is 22.6 Å². The molecular weight excluding hydrogens is 405 g/mol. The summed E-state index contributed by atoms with van der Waals surface area (Å²) in [6, 6.07) is 5.35. The van der Waals surface area contributed by atoms with Gasteiger partial charge in [-0.2, -0.15) is 13.2 Å². The van der Waals surface area contributed by atoms with Gasteiger partial charge in [-0.3, -0.25) is 4.79 Å². The minimum absolute atomic E-state index is 0.0747. The number of alkyl halides is 3. The zero-order valence-corrected chi connectivity index (χ0v) is 16.4. The number of rotatable bonds is 10. The maximum absolute atomic E-state index is 12.5. The molecule has 0 saturated heterocycles. The van der Waals surface area contributed by atoms with E-state index >= 15 is 0 Å². The Labute approximate surface area is 170 Å². The number of amides is 1. The lowest BCUT2D eigenvalue weighted by Crippen LogP contribution is -2.32. The zero-order chi connectivity index (χ0) is 22.1. The number of aromatic nitrogens is 3. The van der Waals surface area contributed by atoms with Gasteiger partial charge in [0, 0.05) is 6.54 Å². The van der Waals surface area contributed by atoms with E-state index in [1.165, 1.54) is 14.2 Å². The summed E-state index contributed by atoms with van der Waals surface area (Å²) in [6.07, 6.45) is -3.27. The molecule has 8 nitrogen and oxygen atoms in total. The van der Waals surface area contributed by atoms with Crippen LogP contribution in [0.5, 0.6) is 11.5 Å². The van der Waals surface area contributed by atoms with Gasteiger partial charge in [0.05, 0.1) is 20.4 Å². The molecular formula is C19H21F3N4O4. The zero-order valence-electron chi connectivity index (χ0n) is 16.4. The van der Waals surface area contributed by atoms with Crippen molar-refractivity contribution in [2.45, 2.75) is 25.2 Å². The second-order valence-electron chi connectivity index (χ2n) is 6.02. The molecule has 0 fully saturated rings. The van der Waals surface area contributed by atoms with Gasteiger partial charge in [-0.15, -0.1) is 5.10 Å². The van der Waals surface area contributed by atoms with Gasteiger partial charge in [0.1, 0.15) is 18.5 Å². The Bertz CT molecular complexity index is 907. The molecule has 11 heteroatoms. The molecule has 2 rings (SSSR count). The quantitative estimate of drug-likeness (QED) is 0.464. The number of methoxy groups -OCH3 is 2. The predicted octanol–water partition coefficient (Wildman–Crippen LogP) is 2.57. The van der Waals surface area contributed by atoms with E-state index in [4.69, 9.17) is 14.2 Å². The Balaban J connectivity index is 2.03. The predicted molar refractivity (Wildman–Crippen MR) is 99.9 cm³/mol. The van der Waals surface area contributed by atoms with E-state index in [2.05, 4.69) is 27.9 Å². The first-order chi connectivity index (χ1) is 14.3. The van der Waals surface area contributed by atoms with Crippen LogP contribution in [0.15, 0.2) is 43.0 Å². The molecule has 0 radical (unpaired) electrons. The normalized spacial score (nSPS) is 11.9. The number of halogens is 3. The van der Waals surface area contributed by atoms with Gasteiger partial charge in [-0.25, -0.2) is 4.68 Å². The second kappa shape index (κ2) is 10.4. The summed E-state index contributed by atoms with van der Waals surface area (Å²) in [6.45, 7) is 2.23. The van der Waals surface area contributed by atoms with Crippen molar-refractivity contribution in [2.75, 3.05) is 20.8 Å². The van der Waals surface area contributed by atoms with Crippen LogP contribution < -0.4 is 14.8 Å². The highest BCUT2D eigenvalue weighted by Gasteiger charge is 2.30. The molecule has 2 aromatic rings. The SMILES string of the molecule is C=C=COC(C(=O)NCCc1ccc(OC)c(OC)c1)c1cn(CC(F)(F)F)nn1. The first-order valence-corrected chi connectivity index (χ1v) is 8.72. The third-order valence-electron chi connectivity index (χ3n) is 3.85. The van der Waals surface area contributed by atoms with Crippen molar-refractivity contribution in [1.29, 1.82) is 0 Å². The maximum atomic E-state index is 12.5. The summed E-state index contributed by atoms with van der Waals surface area (Å²) in [5.41, 5.74) is 3.14. The summed E-state index contributed by atoms with van der Waals surface area (Å²) in [4.78, 5) is 12.5. The van der Waals surface area contributed by atoms with E-state index in [1.807, 2.05) is 6.07 Å². The minimum atomic E-state index is -4.47. The average molecular weight is 426 g/mol. The molecule has 1 aromatic heterocycles. The van der Waals surface area contributed by atoms with Gasteiger partial charge >= 0.3 is 6.18 Å². The summed E-state index contributed by atoms with van der Waals surface area (Å²) in [5.74, 6) is 0.540. The number of nitrogens with one attached hydrogen (secondary N) is 1. The van der Waals surface area contributed by atoms with Crippen LogP contribution in [0.3, 0.4) is 0 Å². The largest absolute Gasteiger partial charge is 0.493 e. The van der Waals surface area contributed by atoms with Crippen LogP contribution in [0.25, 0.3) is 0 Å². The first kappa shape index (κ1) is 22.8. The number of nitrogens with zero attached hydrogens (tertiary/aromatic N) is 3. The van der Waals surface area contributed by atoms with Crippen molar-refractivity contribution in [3.8, 4) is 11.5 Å². The molecule has 1 aromatic carbocycles. The molecule has 1 amide bonds. The summed E-state index contributed by atoms with van der Waals surface area (Å²) < 4.78 is 53.7. The van der Waals surface area contributed by atoms with Crippen LogP contribution in [0.1, 0.15) is 17.4 Å². The molecule has 162 valence electrons. The van der Waals surface area contributed by atoms with Crippen molar-refractivity contribution in [3.63, 3.8) is 0 Å². The third kappa shape index (κ3) is 6.56. The van der Waals surface area contributed by atoms with Gasteiger partial charge in [0.2, 0.25) is 6.10 Å². The lowest BCUT2D eigenvalue weighted by molar-refractivity contribution is -0.142. The number of benzene rings is 1. The number of hydrogen-bond acceptors (Lipinski definition) is 6. The fraction of sp³-hybridized carbons (Fsp3) is 0.368. The van der Waals surface area contributed by atoms with Crippen LogP contribution >= 0.6 is 0 Å². The monoisotopic (exact) mass is 426 g/mol. The van der Waals surface area contributed by atoms with Crippen molar-refractivity contribution >= 4 is 5.91 Å². The van der Waals surface area contributed by atoms with Gasteiger partial charge in [-0.05, 0) is 24.1 Å². The van der Waals surface area contributed by atoms with Crippen molar-refractivity contribution in [2.24, 2.45) is 0 Å². The summed E-state index contributed by atoms with van der Waals surface area (Å²) in [5, 5.41) is 9.66. The Morgan fingerprint density at radius 2 is 2.07 bits per heavy atom. The molecule has 0 aliphatic rings. The van der Waals surface area contributed by atoms with Crippen molar-refractivity contribution < 1.29 is 32.2 Å². The lowest BCUT2D eigenvalue weighted by Gasteiger charge is -2.14. The average Bonchev–Trinajstić information content (AvgIpc) is 3.14. The molecule has 0 aliphatic carbocycles. The number of carbonyl (C=O) groups is 1. The third-order valence-corrected chi connectivity index (χ3v) is 3.85. The molecule has 1 N–H and O–H groups in total. The highest BCUT2D eigenvalue weighted by molar-refractivity contribution is 5.81. The standard InChI is InChI=1S/C19H21F3N4O4/c1-4-9-30-17(14-11-26(25-24-14)12-19(20,21)22)18(27)23-8-7-13-5-6-15(28-2)16(10-13)29-3/h5-6,9-11,17H,1,7-8,12H2,2-3H3,(H,23,27). The van der Waals surface area contributed by atoms with Crippen LogP contribution in [0, 0.1) is 0 Å². The molecule has 0 aliphatic heterocycles. The fourth-order valence-corrected chi connectivity index (χ4v) is 2.54. The molecule has 0 bridgehead atoms. The summed E-state index contributed by atoms with van der Waals surface area (Å²) in [7, 11) is 3.05. The van der Waals surface area contributed by atoms with E-state index in [9.17, 15) is 18.0 Å². The van der Waals surface area contributed by atoms with Crippen LogP contribution in [0.4, 0.5) is 13.2 Å². The van der Waals surface area contributed by atoms with Crippen LogP contribution in [-0.4, -0.2) is 47.8 Å². The Kier molecular flexibility index (Phi) is 7.88. The smallest absolute Gasteiger partial charge is 0.408 e. The fourth-order valence-electron chi connectivity index (χ4n) is 2.54. The number of ether oxygens (including phenoxy) is 3. The number of carbonyl (C=O) groups excluding carboxylic acids is 1. The maximum Gasteiger partial charge on any atom is 0.408 e. The highest BCUT2D eigenvalue weighted by atomic mass is 19.4. The minimum Gasteiger partial charge on any atom is -0.493 e. The molecule has 0 saturated carbocycles. The number of hydrogen-bond donors (Lipinski definition) is 1. The topological polar surface area (TPSA) is 87.5 Å². The molecule has 1 heterocycles. The Morgan fingerprint density at radius 1 is 1.33 bits per heavy atom. The van der Waals surface area contributed by atoms with E-state index in [1.54, 1.807) is 12.1 Å². The lowest BCUT2D eigenvalue weighted by atomic mass is 10.1. The van der Waals surface area contributed by atoms with Crippen molar-refractivity contribution in [1.82, 2.24) is 20.3 Å². The first-order valence-electron chi connectivity index (χ1n) is 8.72.